The zero-order valence-corrected chi connectivity index (χ0v) is 17.4. The van der Waals surface area contributed by atoms with Crippen LogP contribution in [-0.4, -0.2) is 19.7 Å². The molecule has 2 aromatic heterocycles. The van der Waals surface area contributed by atoms with E-state index in [0.717, 1.165) is 38.4 Å². The van der Waals surface area contributed by atoms with Crippen LogP contribution in [0.2, 0.25) is 0 Å². The van der Waals surface area contributed by atoms with Gasteiger partial charge in [0, 0.05) is 28.3 Å². The van der Waals surface area contributed by atoms with Crippen LogP contribution >= 0.6 is 15.9 Å². The molecule has 4 rings (SSSR count). The van der Waals surface area contributed by atoms with E-state index in [1.807, 2.05) is 13.1 Å². The Balaban J connectivity index is 1.80. The van der Waals surface area contributed by atoms with Crippen LogP contribution in [0, 0.1) is 6.92 Å². The Hall–Kier alpha value is -2.68. The van der Waals surface area contributed by atoms with Crippen LogP contribution < -0.4 is 5.32 Å². The molecule has 4 aromatic rings. The monoisotopic (exact) mass is 463 g/mol. The maximum Gasteiger partial charge on any atom is 0.416 e. The van der Waals surface area contributed by atoms with Gasteiger partial charge in [-0.2, -0.15) is 18.3 Å². The topological polar surface area (TPSA) is 55.6 Å². The lowest BCUT2D eigenvalue weighted by molar-refractivity contribution is -0.137. The highest BCUT2D eigenvalue weighted by atomic mass is 79.9. The van der Waals surface area contributed by atoms with E-state index in [1.54, 1.807) is 30.8 Å². The predicted molar refractivity (Wildman–Crippen MR) is 110 cm³/mol. The largest absolute Gasteiger partial charge is 0.416 e. The molecule has 5 nitrogen and oxygen atoms in total. The number of anilines is 1. The van der Waals surface area contributed by atoms with E-state index >= 15 is 0 Å². The highest BCUT2D eigenvalue weighted by molar-refractivity contribution is 9.10. The van der Waals surface area contributed by atoms with Crippen LogP contribution in [0.3, 0.4) is 0 Å². The summed E-state index contributed by atoms with van der Waals surface area (Å²) in [4.78, 5) is 9.07. The smallest absolute Gasteiger partial charge is 0.363 e. The number of hydrogen-bond donors (Lipinski definition) is 1. The van der Waals surface area contributed by atoms with E-state index in [1.165, 1.54) is 6.07 Å². The van der Waals surface area contributed by atoms with Crippen molar-refractivity contribution in [2.75, 3.05) is 5.32 Å². The van der Waals surface area contributed by atoms with E-state index in [2.05, 4.69) is 36.3 Å². The van der Waals surface area contributed by atoms with Gasteiger partial charge in [-0.15, -0.1) is 0 Å². The highest BCUT2D eigenvalue weighted by Crippen LogP contribution is 2.35. The van der Waals surface area contributed by atoms with Crippen LogP contribution in [0.15, 0.2) is 41.0 Å². The molecule has 0 amide bonds. The molecule has 0 saturated heterocycles. The maximum atomic E-state index is 13.1. The lowest BCUT2D eigenvalue weighted by Crippen LogP contribution is -2.12. The molecule has 0 radical (unpaired) electrons. The van der Waals surface area contributed by atoms with Crippen molar-refractivity contribution in [3.63, 3.8) is 0 Å². The van der Waals surface area contributed by atoms with Crippen LogP contribution in [-0.2, 0) is 13.2 Å². The van der Waals surface area contributed by atoms with Crippen molar-refractivity contribution >= 4 is 43.6 Å². The summed E-state index contributed by atoms with van der Waals surface area (Å²) in [5, 5.41) is 9.20. The third kappa shape index (κ3) is 3.55. The first-order chi connectivity index (χ1) is 13.6. The van der Waals surface area contributed by atoms with Crippen molar-refractivity contribution in [2.45, 2.75) is 26.1 Å². The van der Waals surface area contributed by atoms with Crippen molar-refractivity contribution in [3.8, 4) is 0 Å². The minimum absolute atomic E-state index is 0.391. The van der Waals surface area contributed by atoms with Gasteiger partial charge in [-0.05, 0) is 53.5 Å². The van der Waals surface area contributed by atoms with Gasteiger partial charge < -0.3 is 5.32 Å². The fourth-order valence-electron chi connectivity index (χ4n) is 3.40. The zero-order valence-electron chi connectivity index (χ0n) is 15.8. The van der Waals surface area contributed by atoms with Crippen LogP contribution in [0.1, 0.15) is 29.9 Å². The summed E-state index contributed by atoms with van der Waals surface area (Å²) in [5.41, 5.74) is 1.49. The molecule has 1 N–H and O–H groups in total. The molecule has 0 aliphatic heterocycles. The van der Waals surface area contributed by atoms with Crippen molar-refractivity contribution < 1.29 is 13.2 Å². The number of nitrogens with one attached hydrogen (secondary N) is 1. The van der Waals surface area contributed by atoms with Crippen molar-refractivity contribution in [2.24, 2.45) is 7.05 Å². The molecule has 0 aliphatic carbocycles. The zero-order chi connectivity index (χ0) is 20.9. The number of hydrogen-bond acceptors (Lipinski definition) is 4. The summed E-state index contributed by atoms with van der Waals surface area (Å²) >= 11 is 3.57. The second-order valence-corrected chi connectivity index (χ2v) is 7.75. The predicted octanol–water partition coefficient (Wildman–Crippen LogP) is 5.78. The summed E-state index contributed by atoms with van der Waals surface area (Å²) in [5.74, 6) is 1.12. The molecule has 2 aromatic carbocycles. The van der Waals surface area contributed by atoms with E-state index < -0.39 is 17.8 Å². The molecule has 0 saturated carbocycles. The van der Waals surface area contributed by atoms with Crippen molar-refractivity contribution in [3.05, 3.63) is 58.0 Å². The Bertz CT molecular complexity index is 1230. The molecular weight excluding hydrogens is 447 g/mol. The number of alkyl halides is 3. The Labute approximate surface area is 173 Å². The summed E-state index contributed by atoms with van der Waals surface area (Å²) in [6.07, 6.45) is -2.64. The SMILES string of the molecule is Cc1nc(N[C@H](C)c2cccc(C(F)(F)F)c2)c2cc(Br)c3c(cnn3C)c2n1. The Morgan fingerprint density at radius 2 is 1.90 bits per heavy atom. The van der Waals surface area contributed by atoms with Gasteiger partial charge in [0.05, 0.1) is 22.8 Å². The Kier molecular flexibility index (Phi) is 4.72. The molecule has 0 bridgehead atoms. The molecule has 9 heteroatoms. The first kappa shape index (κ1) is 19.6. The van der Waals surface area contributed by atoms with Crippen molar-refractivity contribution in [1.29, 1.82) is 0 Å². The van der Waals surface area contributed by atoms with E-state index in [-0.39, 0.29) is 0 Å². The molecule has 1 atom stereocenters. The minimum atomic E-state index is -4.38. The van der Waals surface area contributed by atoms with Gasteiger partial charge in [0.2, 0.25) is 0 Å². The summed E-state index contributed by atoms with van der Waals surface area (Å²) in [6.45, 7) is 3.58. The number of halogens is 4. The quantitative estimate of drug-likeness (QED) is 0.418. The molecule has 0 aliphatic rings. The molecule has 150 valence electrons. The third-order valence-corrected chi connectivity index (χ3v) is 5.42. The number of nitrogens with zero attached hydrogens (tertiary/aromatic N) is 4. The van der Waals surface area contributed by atoms with Crippen LogP contribution in [0.5, 0.6) is 0 Å². The van der Waals surface area contributed by atoms with Crippen LogP contribution in [0.4, 0.5) is 19.0 Å². The van der Waals surface area contributed by atoms with Gasteiger partial charge >= 0.3 is 6.18 Å². The van der Waals surface area contributed by atoms with Gasteiger partial charge in [-0.25, -0.2) is 9.97 Å². The molecule has 0 unspecified atom stereocenters. The third-order valence-electron chi connectivity index (χ3n) is 4.82. The number of aryl methyl sites for hydroxylation is 2. The lowest BCUT2D eigenvalue weighted by Gasteiger charge is -2.18. The second kappa shape index (κ2) is 6.98. The first-order valence-electron chi connectivity index (χ1n) is 8.87. The lowest BCUT2D eigenvalue weighted by atomic mass is 10.0. The molecule has 0 spiro atoms. The Morgan fingerprint density at radius 3 is 2.62 bits per heavy atom. The highest BCUT2D eigenvalue weighted by Gasteiger charge is 2.30. The number of benzene rings is 2. The second-order valence-electron chi connectivity index (χ2n) is 6.89. The van der Waals surface area contributed by atoms with E-state index in [0.29, 0.717) is 17.2 Å². The average molecular weight is 464 g/mol. The van der Waals surface area contributed by atoms with Gasteiger partial charge in [-0.1, -0.05) is 12.1 Å². The minimum Gasteiger partial charge on any atom is -0.363 e. The maximum absolute atomic E-state index is 13.1. The van der Waals surface area contributed by atoms with Crippen LogP contribution in [0.25, 0.3) is 21.8 Å². The number of fused-ring (bicyclic) bond motifs is 3. The van der Waals surface area contributed by atoms with Gasteiger partial charge in [0.15, 0.2) is 0 Å². The average Bonchev–Trinajstić information content (AvgIpc) is 3.05. The number of rotatable bonds is 3. The molecule has 29 heavy (non-hydrogen) atoms. The van der Waals surface area contributed by atoms with E-state index in [4.69, 9.17) is 0 Å². The normalized spacial score (nSPS) is 13.2. The van der Waals surface area contributed by atoms with Gasteiger partial charge in [0.25, 0.3) is 0 Å². The first-order valence-corrected chi connectivity index (χ1v) is 9.66. The molecule has 0 fully saturated rings. The Morgan fingerprint density at radius 1 is 1.14 bits per heavy atom. The van der Waals surface area contributed by atoms with Gasteiger partial charge in [-0.3, -0.25) is 4.68 Å². The fraction of sp³-hybridized carbons (Fsp3) is 0.250. The van der Waals surface area contributed by atoms with Crippen molar-refractivity contribution in [1.82, 2.24) is 19.7 Å². The molecule has 2 heterocycles. The number of aromatic nitrogens is 4. The molecular formula is C20H17BrF3N5. The summed E-state index contributed by atoms with van der Waals surface area (Å²) in [6, 6.07) is 6.81. The summed E-state index contributed by atoms with van der Waals surface area (Å²) in [7, 11) is 1.85. The summed E-state index contributed by atoms with van der Waals surface area (Å²) < 4.78 is 41.8. The fourth-order valence-corrected chi connectivity index (χ4v) is 4.09. The van der Waals surface area contributed by atoms with E-state index in [9.17, 15) is 13.2 Å². The van der Waals surface area contributed by atoms with Gasteiger partial charge in [0.1, 0.15) is 11.6 Å². The standard InChI is InChI=1S/C20H17BrF3N5/c1-10(12-5-4-6-13(7-12)20(22,23)24)26-19-14-8-16(21)18-15(9-25-29(18)3)17(14)27-11(2)28-19/h4-10H,1-3H3,(H,26,27,28)/t10-/m1/s1.